The molecule has 2 aromatic carbocycles. The Kier molecular flexibility index (Phi) is 8.46. The minimum atomic E-state index is -0.762. The van der Waals surface area contributed by atoms with Crippen LogP contribution in [0.1, 0.15) is 48.3 Å². The predicted octanol–water partition coefficient (Wildman–Crippen LogP) is 3.88. The van der Waals surface area contributed by atoms with Crippen LogP contribution in [0.4, 0.5) is 9.18 Å². The summed E-state index contributed by atoms with van der Waals surface area (Å²) in [5.41, 5.74) is 3.26. The molecule has 1 N–H and O–H groups in total. The molecule has 2 heterocycles. The molecule has 2 unspecified atom stereocenters. The summed E-state index contributed by atoms with van der Waals surface area (Å²) in [5, 5.41) is 2.90. The number of benzene rings is 2. The van der Waals surface area contributed by atoms with Gasteiger partial charge in [-0.15, -0.1) is 0 Å². The molecule has 0 saturated carbocycles. The molecule has 0 spiro atoms. The monoisotopic (exact) mass is 522 g/mol. The molecule has 202 valence electrons. The molecule has 0 aromatic heterocycles. The van der Waals surface area contributed by atoms with Crippen molar-refractivity contribution in [3.8, 4) is 0 Å². The van der Waals surface area contributed by atoms with Crippen LogP contribution in [0, 0.1) is 12.7 Å². The van der Waals surface area contributed by atoms with E-state index in [0.717, 1.165) is 5.56 Å². The standard InChI is InChI=1S/C29H35FN4O4/c1-5-33-24(18-32-15-16-34(20(4)17-32)27(35)22-9-7-19(3)8-10-22)25(28(36)38-6-2)26(31-29(33)37)21-11-13-23(30)14-12-21/h7-14,20,26H,5-6,15-18H2,1-4H3,(H,31,37). The zero-order valence-corrected chi connectivity index (χ0v) is 22.4. The maximum Gasteiger partial charge on any atom is 0.338 e. The van der Waals surface area contributed by atoms with E-state index in [0.29, 0.717) is 55.1 Å². The first-order valence-electron chi connectivity index (χ1n) is 13.1. The number of hydrogen-bond acceptors (Lipinski definition) is 5. The highest BCUT2D eigenvalue weighted by Gasteiger charge is 2.39. The summed E-state index contributed by atoms with van der Waals surface area (Å²) in [6, 6.07) is 12.2. The fraction of sp³-hybridized carbons (Fsp3) is 0.414. The van der Waals surface area contributed by atoms with Crippen LogP contribution < -0.4 is 5.32 Å². The third kappa shape index (κ3) is 5.72. The number of nitrogens with one attached hydrogen (secondary N) is 1. The van der Waals surface area contributed by atoms with Crippen molar-refractivity contribution in [3.05, 3.63) is 82.3 Å². The first kappa shape index (κ1) is 27.3. The maximum atomic E-state index is 13.6. The topological polar surface area (TPSA) is 82.2 Å². The summed E-state index contributed by atoms with van der Waals surface area (Å²) in [6.45, 7) is 10.1. The van der Waals surface area contributed by atoms with E-state index in [1.165, 1.54) is 12.1 Å². The van der Waals surface area contributed by atoms with Gasteiger partial charge in [0.05, 0.1) is 18.2 Å². The van der Waals surface area contributed by atoms with Crippen LogP contribution in [0.25, 0.3) is 0 Å². The zero-order valence-electron chi connectivity index (χ0n) is 22.4. The molecule has 2 aromatic rings. The van der Waals surface area contributed by atoms with E-state index in [1.54, 1.807) is 24.0 Å². The number of nitrogens with zero attached hydrogens (tertiary/aromatic N) is 3. The molecule has 2 aliphatic heterocycles. The van der Waals surface area contributed by atoms with Gasteiger partial charge >= 0.3 is 12.0 Å². The second-order valence-corrected chi connectivity index (χ2v) is 9.71. The van der Waals surface area contributed by atoms with Gasteiger partial charge in [0.25, 0.3) is 5.91 Å². The second kappa shape index (κ2) is 11.8. The first-order valence-corrected chi connectivity index (χ1v) is 13.1. The molecule has 1 fully saturated rings. The summed E-state index contributed by atoms with van der Waals surface area (Å²) in [4.78, 5) is 45.1. The number of rotatable bonds is 7. The van der Waals surface area contributed by atoms with Crippen molar-refractivity contribution < 1.29 is 23.5 Å². The van der Waals surface area contributed by atoms with Gasteiger partial charge in [0.2, 0.25) is 0 Å². The fourth-order valence-corrected chi connectivity index (χ4v) is 5.12. The smallest absolute Gasteiger partial charge is 0.338 e. The van der Waals surface area contributed by atoms with Crippen LogP contribution in [-0.4, -0.2) is 78.0 Å². The lowest BCUT2D eigenvalue weighted by Gasteiger charge is -2.43. The summed E-state index contributed by atoms with van der Waals surface area (Å²) in [7, 11) is 0. The van der Waals surface area contributed by atoms with Crippen molar-refractivity contribution in [2.24, 2.45) is 0 Å². The lowest BCUT2D eigenvalue weighted by Crippen LogP contribution is -2.56. The van der Waals surface area contributed by atoms with Gasteiger partial charge < -0.3 is 15.0 Å². The Morgan fingerprint density at radius 2 is 1.74 bits per heavy atom. The van der Waals surface area contributed by atoms with Gasteiger partial charge in [-0.2, -0.15) is 0 Å². The highest BCUT2D eigenvalue weighted by atomic mass is 19.1. The van der Waals surface area contributed by atoms with Crippen molar-refractivity contribution in [1.29, 1.82) is 0 Å². The highest BCUT2D eigenvalue weighted by molar-refractivity contribution is 5.95. The largest absolute Gasteiger partial charge is 0.463 e. The molecule has 9 heteroatoms. The molecule has 0 aliphatic carbocycles. The van der Waals surface area contributed by atoms with Gasteiger partial charge in [0.15, 0.2) is 0 Å². The van der Waals surface area contributed by atoms with Crippen molar-refractivity contribution in [2.75, 3.05) is 39.3 Å². The normalized spacial score (nSPS) is 20.4. The molecule has 3 amide bonds. The van der Waals surface area contributed by atoms with Gasteiger partial charge in [0.1, 0.15) is 5.82 Å². The zero-order chi connectivity index (χ0) is 27.4. The molecule has 38 heavy (non-hydrogen) atoms. The van der Waals surface area contributed by atoms with Crippen molar-refractivity contribution in [1.82, 2.24) is 20.0 Å². The van der Waals surface area contributed by atoms with E-state index in [4.69, 9.17) is 4.74 Å². The highest BCUT2D eigenvalue weighted by Crippen LogP contribution is 2.32. The van der Waals surface area contributed by atoms with E-state index >= 15 is 0 Å². The Labute approximate surface area is 223 Å². The van der Waals surface area contributed by atoms with Crippen molar-refractivity contribution in [2.45, 2.75) is 39.8 Å². The van der Waals surface area contributed by atoms with E-state index < -0.39 is 17.8 Å². The number of halogens is 1. The average molecular weight is 523 g/mol. The number of likely N-dealkylation sites (N-methyl/N-ethyl adjacent to an activating group) is 1. The second-order valence-electron chi connectivity index (χ2n) is 9.71. The number of aryl methyl sites for hydroxylation is 1. The van der Waals surface area contributed by atoms with Crippen LogP contribution in [0.15, 0.2) is 59.8 Å². The molecule has 0 radical (unpaired) electrons. The Hall–Kier alpha value is -3.72. The fourth-order valence-electron chi connectivity index (χ4n) is 5.12. The summed E-state index contributed by atoms with van der Waals surface area (Å²) < 4.78 is 19.0. The third-order valence-electron chi connectivity index (χ3n) is 7.10. The van der Waals surface area contributed by atoms with E-state index in [9.17, 15) is 18.8 Å². The molecule has 2 atom stereocenters. The van der Waals surface area contributed by atoms with E-state index in [1.807, 2.05) is 49.9 Å². The van der Waals surface area contributed by atoms with E-state index in [2.05, 4.69) is 10.2 Å². The molecule has 8 nitrogen and oxygen atoms in total. The lowest BCUT2D eigenvalue weighted by molar-refractivity contribution is -0.139. The van der Waals surface area contributed by atoms with Crippen LogP contribution in [0.3, 0.4) is 0 Å². The van der Waals surface area contributed by atoms with Crippen LogP contribution in [0.5, 0.6) is 0 Å². The number of amides is 3. The van der Waals surface area contributed by atoms with Gasteiger partial charge in [-0.1, -0.05) is 29.8 Å². The van der Waals surface area contributed by atoms with Crippen LogP contribution in [-0.2, 0) is 9.53 Å². The molecule has 1 saturated heterocycles. The molecule has 4 rings (SSSR count). The quantitative estimate of drug-likeness (QED) is 0.558. The number of carbonyl (C=O) groups is 3. The lowest BCUT2D eigenvalue weighted by atomic mass is 9.94. The predicted molar refractivity (Wildman–Crippen MR) is 142 cm³/mol. The molecular formula is C29H35FN4O4. The van der Waals surface area contributed by atoms with Crippen LogP contribution in [0.2, 0.25) is 0 Å². The minimum absolute atomic E-state index is 0.00724. The number of hydrogen-bond donors (Lipinski definition) is 1. The molecular weight excluding hydrogens is 487 g/mol. The third-order valence-corrected chi connectivity index (χ3v) is 7.10. The minimum Gasteiger partial charge on any atom is -0.463 e. The van der Waals surface area contributed by atoms with Crippen LogP contribution >= 0.6 is 0 Å². The van der Waals surface area contributed by atoms with Gasteiger partial charge in [-0.25, -0.2) is 14.0 Å². The Bertz CT molecular complexity index is 1210. The summed E-state index contributed by atoms with van der Waals surface area (Å²) >= 11 is 0. The number of ether oxygens (including phenoxy) is 1. The molecule has 2 aliphatic rings. The Morgan fingerprint density at radius 3 is 2.34 bits per heavy atom. The van der Waals surface area contributed by atoms with Gasteiger partial charge in [0, 0.05) is 50.0 Å². The van der Waals surface area contributed by atoms with Gasteiger partial charge in [-0.05, 0) is 57.5 Å². The van der Waals surface area contributed by atoms with Crippen molar-refractivity contribution >= 4 is 17.9 Å². The SMILES string of the molecule is CCOC(=O)C1=C(CN2CCN(C(=O)c3ccc(C)cc3)C(C)C2)N(CC)C(=O)NC1c1ccc(F)cc1. The van der Waals surface area contributed by atoms with E-state index in [-0.39, 0.29) is 24.6 Å². The molecule has 0 bridgehead atoms. The first-order chi connectivity index (χ1) is 18.2. The maximum absolute atomic E-state index is 13.6. The average Bonchev–Trinajstić information content (AvgIpc) is 2.89. The number of carbonyl (C=O) groups excluding carboxylic acids is 3. The number of urea groups is 1. The van der Waals surface area contributed by atoms with Crippen molar-refractivity contribution in [3.63, 3.8) is 0 Å². The van der Waals surface area contributed by atoms with Gasteiger partial charge in [-0.3, -0.25) is 14.6 Å². The Balaban J connectivity index is 1.62. The summed E-state index contributed by atoms with van der Waals surface area (Å²) in [5.74, 6) is -0.927. The Morgan fingerprint density at radius 1 is 1.05 bits per heavy atom. The summed E-state index contributed by atoms with van der Waals surface area (Å²) in [6.07, 6.45) is 0. The number of esters is 1. The number of piperazine rings is 1.